The quantitative estimate of drug-likeness (QED) is 0.752. The average Bonchev–Trinajstić information content (AvgIpc) is 2.25. The van der Waals surface area contributed by atoms with Gasteiger partial charge < -0.3 is 19.6 Å². The normalized spacial score (nSPS) is 20.4. The molecule has 0 aromatic carbocycles. The summed E-state index contributed by atoms with van der Waals surface area (Å²) in [5, 5.41) is 9.54. The standard InChI is InChI=1S/C12H24N2O3/c1-10(17-9-12(2,3)16)11(15)14-7-5-13(4)6-8-14/h10,16H,5-9H2,1-4H3. The molecule has 1 rings (SSSR count). The summed E-state index contributed by atoms with van der Waals surface area (Å²) in [4.78, 5) is 16.1. The fraction of sp³-hybridized carbons (Fsp3) is 0.917. The Morgan fingerprint density at radius 3 is 2.35 bits per heavy atom. The molecule has 5 nitrogen and oxygen atoms in total. The van der Waals surface area contributed by atoms with Crippen molar-refractivity contribution in [1.29, 1.82) is 0 Å². The Kier molecular flexibility index (Phi) is 4.91. The number of aliphatic hydroxyl groups is 1. The largest absolute Gasteiger partial charge is 0.388 e. The van der Waals surface area contributed by atoms with Crippen molar-refractivity contribution in [2.75, 3.05) is 39.8 Å². The van der Waals surface area contributed by atoms with E-state index in [-0.39, 0.29) is 12.5 Å². The lowest BCUT2D eigenvalue weighted by molar-refractivity contribution is -0.148. The molecule has 0 radical (unpaired) electrons. The van der Waals surface area contributed by atoms with Crippen LogP contribution in [0.3, 0.4) is 0 Å². The summed E-state index contributed by atoms with van der Waals surface area (Å²) in [6.07, 6.45) is -0.482. The van der Waals surface area contributed by atoms with Gasteiger partial charge in [-0.05, 0) is 27.8 Å². The van der Waals surface area contributed by atoms with Crippen LogP contribution in [0.2, 0.25) is 0 Å². The Balaban J connectivity index is 2.36. The molecule has 100 valence electrons. The van der Waals surface area contributed by atoms with Gasteiger partial charge in [0.25, 0.3) is 5.91 Å². The van der Waals surface area contributed by atoms with Gasteiger partial charge in [0.1, 0.15) is 6.10 Å². The molecule has 0 aliphatic carbocycles. The fourth-order valence-electron chi connectivity index (χ4n) is 1.68. The molecule has 1 unspecified atom stereocenters. The molecule has 0 saturated carbocycles. The molecule has 5 heteroatoms. The molecule has 1 fully saturated rings. The van der Waals surface area contributed by atoms with Gasteiger partial charge in [0.2, 0.25) is 0 Å². The van der Waals surface area contributed by atoms with Crippen molar-refractivity contribution < 1.29 is 14.6 Å². The molecule has 0 aromatic heterocycles. The lowest BCUT2D eigenvalue weighted by atomic mass is 10.1. The number of carbonyl (C=O) groups excluding carboxylic acids is 1. The van der Waals surface area contributed by atoms with Gasteiger partial charge in [-0.1, -0.05) is 0 Å². The predicted octanol–water partition coefficient (Wildman–Crippen LogP) is -0.0636. The predicted molar refractivity (Wildman–Crippen MR) is 65.8 cm³/mol. The van der Waals surface area contributed by atoms with Gasteiger partial charge in [-0.25, -0.2) is 0 Å². The molecular formula is C12H24N2O3. The molecule has 1 aliphatic rings. The molecule has 1 atom stereocenters. The summed E-state index contributed by atoms with van der Waals surface area (Å²) in [5.41, 5.74) is -0.892. The lowest BCUT2D eigenvalue weighted by Crippen LogP contribution is -2.50. The maximum Gasteiger partial charge on any atom is 0.251 e. The van der Waals surface area contributed by atoms with Crippen LogP contribution in [0, 0.1) is 0 Å². The molecule has 0 bridgehead atoms. The number of carbonyl (C=O) groups is 1. The average molecular weight is 244 g/mol. The number of hydrogen-bond acceptors (Lipinski definition) is 4. The molecule has 0 aromatic rings. The third kappa shape index (κ3) is 5.02. The molecule has 1 saturated heterocycles. The zero-order valence-electron chi connectivity index (χ0n) is 11.3. The van der Waals surface area contributed by atoms with E-state index in [2.05, 4.69) is 11.9 Å². The van der Waals surface area contributed by atoms with E-state index in [0.29, 0.717) is 0 Å². The van der Waals surface area contributed by atoms with E-state index < -0.39 is 11.7 Å². The number of ether oxygens (including phenoxy) is 1. The summed E-state index contributed by atoms with van der Waals surface area (Å²) >= 11 is 0. The molecule has 1 N–H and O–H groups in total. The van der Waals surface area contributed by atoms with Crippen LogP contribution in [0.1, 0.15) is 20.8 Å². The Hall–Kier alpha value is -0.650. The summed E-state index contributed by atoms with van der Waals surface area (Å²) in [7, 11) is 2.05. The first-order valence-electron chi connectivity index (χ1n) is 6.11. The summed E-state index contributed by atoms with van der Waals surface area (Å²) in [6.45, 7) is 8.57. The topological polar surface area (TPSA) is 53.0 Å². The van der Waals surface area contributed by atoms with Crippen LogP contribution in [0.15, 0.2) is 0 Å². The summed E-state index contributed by atoms with van der Waals surface area (Å²) in [5.74, 6) is 0.0161. The summed E-state index contributed by atoms with van der Waals surface area (Å²) < 4.78 is 5.39. The highest BCUT2D eigenvalue weighted by molar-refractivity contribution is 5.80. The Morgan fingerprint density at radius 1 is 1.35 bits per heavy atom. The maximum absolute atomic E-state index is 12.0. The Labute approximate surface area is 103 Å². The first-order valence-corrected chi connectivity index (χ1v) is 6.11. The number of amides is 1. The van der Waals surface area contributed by atoms with E-state index in [9.17, 15) is 9.90 Å². The highest BCUT2D eigenvalue weighted by Crippen LogP contribution is 2.08. The number of nitrogens with zero attached hydrogens (tertiary/aromatic N) is 2. The molecular weight excluding hydrogens is 220 g/mol. The molecule has 1 aliphatic heterocycles. The van der Waals surface area contributed by atoms with Crippen molar-refractivity contribution >= 4 is 5.91 Å². The molecule has 0 spiro atoms. The number of piperazine rings is 1. The maximum atomic E-state index is 12.0. The van der Waals surface area contributed by atoms with E-state index in [4.69, 9.17) is 4.74 Å². The van der Waals surface area contributed by atoms with E-state index in [0.717, 1.165) is 26.2 Å². The van der Waals surface area contributed by atoms with Crippen molar-refractivity contribution in [2.24, 2.45) is 0 Å². The summed E-state index contributed by atoms with van der Waals surface area (Å²) in [6, 6.07) is 0. The van der Waals surface area contributed by atoms with Gasteiger partial charge in [-0.3, -0.25) is 4.79 Å². The van der Waals surface area contributed by atoms with Crippen LogP contribution in [-0.4, -0.2) is 72.4 Å². The minimum absolute atomic E-state index is 0.0161. The second-order valence-corrected chi connectivity index (χ2v) is 5.39. The highest BCUT2D eigenvalue weighted by atomic mass is 16.5. The number of rotatable bonds is 4. The van der Waals surface area contributed by atoms with E-state index in [1.807, 2.05) is 4.90 Å². The van der Waals surface area contributed by atoms with Crippen LogP contribution in [0.25, 0.3) is 0 Å². The van der Waals surface area contributed by atoms with Crippen molar-refractivity contribution in [3.63, 3.8) is 0 Å². The SMILES string of the molecule is CC(OCC(C)(C)O)C(=O)N1CCN(C)CC1. The Bertz CT molecular complexity index is 255. The second kappa shape index (κ2) is 5.80. The number of hydrogen-bond donors (Lipinski definition) is 1. The van der Waals surface area contributed by atoms with E-state index >= 15 is 0 Å². The second-order valence-electron chi connectivity index (χ2n) is 5.39. The first-order chi connectivity index (χ1) is 7.79. The minimum atomic E-state index is -0.892. The Morgan fingerprint density at radius 2 is 1.88 bits per heavy atom. The van der Waals surface area contributed by atoms with Crippen molar-refractivity contribution in [3.05, 3.63) is 0 Å². The van der Waals surface area contributed by atoms with Crippen LogP contribution in [0.4, 0.5) is 0 Å². The smallest absolute Gasteiger partial charge is 0.251 e. The monoisotopic (exact) mass is 244 g/mol. The zero-order valence-corrected chi connectivity index (χ0v) is 11.3. The van der Waals surface area contributed by atoms with Crippen LogP contribution >= 0.6 is 0 Å². The van der Waals surface area contributed by atoms with Gasteiger partial charge in [0.15, 0.2) is 0 Å². The van der Waals surface area contributed by atoms with E-state index in [1.165, 1.54) is 0 Å². The van der Waals surface area contributed by atoms with Crippen molar-refractivity contribution in [1.82, 2.24) is 9.80 Å². The third-order valence-corrected chi connectivity index (χ3v) is 2.85. The zero-order chi connectivity index (χ0) is 13.1. The fourth-order valence-corrected chi connectivity index (χ4v) is 1.68. The minimum Gasteiger partial charge on any atom is -0.388 e. The van der Waals surface area contributed by atoms with Gasteiger partial charge >= 0.3 is 0 Å². The van der Waals surface area contributed by atoms with Gasteiger partial charge in [0, 0.05) is 26.2 Å². The number of likely N-dealkylation sites (N-methyl/N-ethyl adjacent to an activating group) is 1. The van der Waals surface area contributed by atoms with Crippen LogP contribution in [-0.2, 0) is 9.53 Å². The van der Waals surface area contributed by atoms with Crippen molar-refractivity contribution in [2.45, 2.75) is 32.5 Å². The third-order valence-electron chi connectivity index (χ3n) is 2.85. The molecule has 17 heavy (non-hydrogen) atoms. The van der Waals surface area contributed by atoms with Gasteiger partial charge in [-0.15, -0.1) is 0 Å². The first kappa shape index (κ1) is 14.4. The van der Waals surface area contributed by atoms with Crippen molar-refractivity contribution in [3.8, 4) is 0 Å². The lowest BCUT2D eigenvalue weighted by Gasteiger charge is -2.34. The molecule has 1 heterocycles. The highest BCUT2D eigenvalue weighted by Gasteiger charge is 2.25. The van der Waals surface area contributed by atoms with Crippen LogP contribution in [0.5, 0.6) is 0 Å². The molecule has 1 amide bonds. The van der Waals surface area contributed by atoms with E-state index in [1.54, 1.807) is 20.8 Å². The van der Waals surface area contributed by atoms with Crippen LogP contribution < -0.4 is 0 Å². The van der Waals surface area contributed by atoms with Gasteiger partial charge in [0.05, 0.1) is 12.2 Å². The van der Waals surface area contributed by atoms with Gasteiger partial charge in [-0.2, -0.15) is 0 Å².